The van der Waals surface area contributed by atoms with E-state index >= 15 is 0 Å². The van der Waals surface area contributed by atoms with Crippen molar-refractivity contribution in [2.24, 2.45) is 16.7 Å². The van der Waals surface area contributed by atoms with Crippen LogP contribution in [0.2, 0.25) is 0 Å². The molecule has 2 rings (SSSR count). The smallest absolute Gasteiger partial charge is 0.156 e. The van der Waals surface area contributed by atoms with Gasteiger partial charge in [0.1, 0.15) is 12.6 Å². The maximum atomic E-state index is 12.5. The summed E-state index contributed by atoms with van der Waals surface area (Å²) < 4.78 is 10.5. The van der Waals surface area contributed by atoms with Crippen molar-refractivity contribution < 1.29 is 24.2 Å². The van der Waals surface area contributed by atoms with Crippen molar-refractivity contribution >= 4 is 11.6 Å². The molecule has 1 N–H and O–H groups in total. The monoisotopic (exact) mass is 352 g/mol. The first-order chi connectivity index (χ1) is 11.6. The number of Topliss-reactive ketones (excluding diaryl/α,β-unsaturated/α-hetero) is 1. The number of carbonyl (C=O) groups excluding carboxylic acids is 2. The van der Waals surface area contributed by atoms with Crippen LogP contribution in [0.1, 0.15) is 59.8 Å². The number of allylic oxidation sites excluding steroid dienone is 1. The molecule has 0 aromatic heterocycles. The number of ether oxygens (including phenoxy) is 2. The zero-order valence-electron chi connectivity index (χ0n) is 16.2. The molecule has 0 saturated heterocycles. The number of aliphatic hydroxyl groups is 1. The number of ketones is 2. The Morgan fingerprint density at radius 3 is 2.68 bits per heavy atom. The molecule has 0 radical (unpaired) electrons. The van der Waals surface area contributed by atoms with E-state index in [1.165, 1.54) is 0 Å². The molecule has 5 nitrogen and oxygen atoms in total. The first-order valence-electron chi connectivity index (χ1n) is 9.13. The van der Waals surface area contributed by atoms with Crippen LogP contribution < -0.4 is 0 Å². The third-order valence-corrected chi connectivity index (χ3v) is 6.57. The molecule has 142 valence electrons. The molecular weight excluding hydrogens is 320 g/mol. The average Bonchev–Trinajstić information content (AvgIpc) is 2.53. The summed E-state index contributed by atoms with van der Waals surface area (Å²) >= 11 is 0. The summed E-state index contributed by atoms with van der Waals surface area (Å²) in [5, 5.41) is 11.7. The molecule has 25 heavy (non-hydrogen) atoms. The summed E-state index contributed by atoms with van der Waals surface area (Å²) in [6, 6.07) is 0. The summed E-state index contributed by atoms with van der Waals surface area (Å²) in [5.41, 5.74) is -1.35. The fraction of sp³-hybridized carbons (Fsp3) is 0.800. The lowest BCUT2D eigenvalue weighted by atomic mass is 9.49. The van der Waals surface area contributed by atoms with E-state index < -0.39 is 11.0 Å². The highest BCUT2D eigenvalue weighted by atomic mass is 16.7. The fourth-order valence-electron chi connectivity index (χ4n) is 4.61. The second kappa shape index (κ2) is 7.29. The predicted octanol–water partition coefficient (Wildman–Crippen LogP) is 3.05. The van der Waals surface area contributed by atoms with Gasteiger partial charge in [-0.15, -0.1) is 0 Å². The number of rotatable bonds is 7. The van der Waals surface area contributed by atoms with Gasteiger partial charge < -0.3 is 19.4 Å². The van der Waals surface area contributed by atoms with Gasteiger partial charge in [-0.2, -0.15) is 0 Å². The van der Waals surface area contributed by atoms with Gasteiger partial charge in [-0.05, 0) is 49.2 Å². The Morgan fingerprint density at radius 1 is 1.40 bits per heavy atom. The van der Waals surface area contributed by atoms with Gasteiger partial charge >= 0.3 is 0 Å². The van der Waals surface area contributed by atoms with Gasteiger partial charge in [-0.3, -0.25) is 4.79 Å². The topological polar surface area (TPSA) is 72.8 Å². The van der Waals surface area contributed by atoms with Crippen LogP contribution >= 0.6 is 0 Å². The second-order valence-electron chi connectivity index (χ2n) is 8.44. The molecule has 0 heterocycles. The van der Waals surface area contributed by atoms with Crippen LogP contribution in [-0.2, 0) is 19.1 Å². The van der Waals surface area contributed by atoms with Gasteiger partial charge in [0.25, 0.3) is 0 Å². The van der Waals surface area contributed by atoms with E-state index in [-0.39, 0.29) is 36.8 Å². The molecule has 2 aliphatic rings. The first-order valence-corrected chi connectivity index (χ1v) is 9.13. The van der Waals surface area contributed by atoms with E-state index in [1.807, 2.05) is 6.92 Å². The van der Waals surface area contributed by atoms with Crippen molar-refractivity contribution in [3.8, 4) is 0 Å². The molecule has 0 aliphatic heterocycles. The maximum absolute atomic E-state index is 12.5. The van der Waals surface area contributed by atoms with Crippen LogP contribution in [0.4, 0.5) is 0 Å². The molecule has 0 spiro atoms. The largest absolute Gasteiger partial charge is 0.385 e. The second-order valence-corrected chi connectivity index (χ2v) is 8.44. The maximum Gasteiger partial charge on any atom is 0.156 e. The summed E-state index contributed by atoms with van der Waals surface area (Å²) in [4.78, 5) is 24.1. The van der Waals surface area contributed by atoms with Crippen molar-refractivity contribution in [1.82, 2.24) is 0 Å². The van der Waals surface area contributed by atoms with E-state index in [9.17, 15) is 14.7 Å². The Labute approximate surface area is 150 Å². The van der Waals surface area contributed by atoms with Gasteiger partial charge in [0.15, 0.2) is 5.78 Å². The third kappa shape index (κ3) is 3.60. The predicted molar refractivity (Wildman–Crippen MR) is 95.0 cm³/mol. The van der Waals surface area contributed by atoms with Gasteiger partial charge in [-0.25, -0.2) is 0 Å². The molecule has 5 heteroatoms. The Morgan fingerprint density at radius 2 is 2.08 bits per heavy atom. The summed E-state index contributed by atoms with van der Waals surface area (Å²) in [6.07, 6.45) is 4.48. The Kier molecular flexibility index (Phi) is 5.92. The zero-order chi connectivity index (χ0) is 18.9. The highest BCUT2D eigenvalue weighted by Gasteiger charge is 2.60. The van der Waals surface area contributed by atoms with E-state index in [0.717, 1.165) is 12.0 Å². The lowest BCUT2D eigenvalue weighted by Gasteiger charge is -2.58. The van der Waals surface area contributed by atoms with E-state index in [1.54, 1.807) is 20.1 Å². The van der Waals surface area contributed by atoms with E-state index in [2.05, 4.69) is 13.8 Å². The molecule has 0 amide bonds. The number of methoxy groups -OCH3 is 1. The molecule has 4 atom stereocenters. The number of hydrogen-bond acceptors (Lipinski definition) is 5. The van der Waals surface area contributed by atoms with Crippen LogP contribution in [0, 0.1) is 16.7 Å². The van der Waals surface area contributed by atoms with Crippen LogP contribution in [0.5, 0.6) is 0 Å². The molecule has 0 aromatic carbocycles. The molecule has 2 aliphatic carbocycles. The quantitative estimate of drug-likeness (QED) is 0.563. The van der Waals surface area contributed by atoms with E-state index in [0.29, 0.717) is 25.2 Å². The Balaban J connectivity index is 2.41. The summed E-state index contributed by atoms with van der Waals surface area (Å²) in [6.45, 7) is 8.15. The highest BCUT2D eigenvalue weighted by molar-refractivity contribution is 5.93. The van der Waals surface area contributed by atoms with E-state index in [4.69, 9.17) is 9.47 Å². The van der Waals surface area contributed by atoms with Crippen molar-refractivity contribution in [1.29, 1.82) is 0 Å². The molecule has 0 unspecified atom stereocenters. The minimum absolute atomic E-state index is 0.0198. The standard InChI is InChI=1S/C20H32O5/c1-14-6-9-20(23)17(19(14,4)8-7-15(2)21)10-16(22)11-18(20,3)12-25-13-24-5/h10,14,23H,6-9,11-13H2,1-5H3/t14-,18-,19+,20+/m1/s1. The minimum atomic E-state index is -1.09. The molecule has 0 aromatic rings. The SMILES string of the molecule is COCOC[C@@]1(C)CC(=O)C=C2[C@@](C)(CCC(C)=O)[C@H](C)CC[C@]21O. The van der Waals surface area contributed by atoms with Crippen molar-refractivity contribution in [3.05, 3.63) is 11.6 Å². The van der Waals surface area contributed by atoms with Gasteiger partial charge in [0, 0.05) is 25.4 Å². The lowest BCUT2D eigenvalue weighted by Crippen LogP contribution is -2.60. The van der Waals surface area contributed by atoms with Crippen LogP contribution in [0.25, 0.3) is 0 Å². The van der Waals surface area contributed by atoms with Gasteiger partial charge in [0.2, 0.25) is 0 Å². The van der Waals surface area contributed by atoms with Crippen LogP contribution in [-0.4, -0.2) is 42.8 Å². The lowest BCUT2D eigenvalue weighted by molar-refractivity contribution is -0.160. The van der Waals surface area contributed by atoms with Gasteiger partial charge in [0.05, 0.1) is 12.2 Å². The van der Waals surface area contributed by atoms with Gasteiger partial charge in [-0.1, -0.05) is 20.8 Å². The summed E-state index contributed by atoms with van der Waals surface area (Å²) in [5.74, 6) is 0.455. The first kappa shape index (κ1) is 20.3. The molecule has 1 fully saturated rings. The highest BCUT2D eigenvalue weighted by Crippen LogP contribution is 2.59. The average molecular weight is 352 g/mol. The fourth-order valence-corrected chi connectivity index (χ4v) is 4.61. The van der Waals surface area contributed by atoms with Crippen molar-refractivity contribution in [2.45, 2.75) is 65.4 Å². The Bertz CT molecular complexity index is 568. The number of fused-ring (bicyclic) bond motifs is 1. The van der Waals surface area contributed by atoms with Crippen molar-refractivity contribution in [2.75, 3.05) is 20.5 Å². The third-order valence-electron chi connectivity index (χ3n) is 6.57. The normalized spacial score (nSPS) is 38.2. The minimum Gasteiger partial charge on any atom is -0.385 e. The number of carbonyl (C=O) groups is 2. The summed E-state index contributed by atoms with van der Waals surface area (Å²) in [7, 11) is 1.55. The zero-order valence-corrected chi connectivity index (χ0v) is 16.2. The Hall–Kier alpha value is -1.04. The van der Waals surface area contributed by atoms with Crippen LogP contribution in [0.3, 0.4) is 0 Å². The molecular formula is C20H32O5. The molecule has 0 bridgehead atoms. The number of hydrogen-bond donors (Lipinski definition) is 1. The van der Waals surface area contributed by atoms with Crippen LogP contribution in [0.15, 0.2) is 11.6 Å². The molecule has 1 saturated carbocycles. The van der Waals surface area contributed by atoms with Crippen molar-refractivity contribution in [3.63, 3.8) is 0 Å².